The quantitative estimate of drug-likeness (QED) is 0.932. The molecule has 1 unspecified atom stereocenters. The Hall–Kier alpha value is -1.40. The van der Waals surface area contributed by atoms with Crippen LogP contribution < -0.4 is 5.73 Å². The Labute approximate surface area is 113 Å². The molecule has 0 bridgehead atoms. The van der Waals surface area contributed by atoms with Gasteiger partial charge in [-0.15, -0.1) is 11.3 Å². The standard InChI is InChI=1S/C13H13F3N2S/c1-2-12(17,9-6-4-3-5-7-9)10-8-18-11(19-10)13(14,15)16/h3-8H,2,17H2,1H3. The number of aromatic nitrogens is 1. The molecule has 0 saturated carbocycles. The predicted molar refractivity (Wildman–Crippen MR) is 68.8 cm³/mol. The summed E-state index contributed by atoms with van der Waals surface area (Å²) < 4.78 is 37.8. The smallest absolute Gasteiger partial charge is 0.317 e. The van der Waals surface area contributed by atoms with Crippen molar-refractivity contribution in [2.24, 2.45) is 5.73 Å². The first-order chi connectivity index (χ1) is 8.88. The van der Waals surface area contributed by atoms with Crippen LogP contribution in [0.25, 0.3) is 0 Å². The van der Waals surface area contributed by atoms with Crippen molar-refractivity contribution in [2.45, 2.75) is 25.1 Å². The molecule has 2 nitrogen and oxygen atoms in total. The SMILES string of the molecule is CCC(N)(c1ccccc1)c1cnc(C(F)(F)F)s1. The topological polar surface area (TPSA) is 38.9 Å². The Morgan fingerprint density at radius 3 is 2.32 bits per heavy atom. The van der Waals surface area contributed by atoms with E-state index in [2.05, 4.69) is 4.98 Å². The second kappa shape index (κ2) is 4.94. The first-order valence-electron chi connectivity index (χ1n) is 5.76. The summed E-state index contributed by atoms with van der Waals surface area (Å²) in [7, 11) is 0. The first kappa shape index (κ1) is 14.0. The second-order valence-corrected chi connectivity index (χ2v) is 5.25. The highest BCUT2D eigenvalue weighted by Crippen LogP contribution is 2.38. The van der Waals surface area contributed by atoms with Gasteiger partial charge in [-0.1, -0.05) is 37.3 Å². The van der Waals surface area contributed by atoms with E-state index in [4.69, 9.17) is 5.73 Å². The van der Waals surface area contributed by atoms with Gasteiger partial charge in [-0.25, -0.2) is 4.98 Å². The van der Waals surface area contributed by atoms with Crippen LogP contribution in [0.5, 0.6) is 0 Å². The van der Waals surface area contributed by atoms with Crippen LogP contribution in [0.2, 0.25) is 0 Å². The molecule has 1 atom stereocenters. The zero-order chi connectivity index (χ0) is 14.1. The molecular formula is C13H13F3N2S. The molecule has 2 rings (SSSR count). The third kappa shape index (κ3) is 2.64. The third-order valence-electron chi connectivity index (χ3n) is 3.03. The molecule has 102 valence electrons. The molecular weight excluding hydrogens is 273 g/mol. The van der Waals surface area contributed by atoms with Crippen LogP contribution in [0.1, 0.15) is 28.8 Å². The third-order valence-corrected chi connectivity index (χ3v) is 4.25. The molecule has 0 spiro atoms. The summed E-state index contributed by atoms with van der Waals surface area (Å²) in [5.74, 6) is 0. The summed E-state index contributed by atoms with van der Waals surface area (Å²) in [5, 5.41) is -0.860. The average molecular weight is 286 g/mol. The summed E-state index contributed by atoms with van der Waals surface area (Å²) in [6.07, 6.45) is -2.70. The molecule has 0 saturated heterocycles. The monoisotopic (exact) mass is 286 g/mol. The van der Waals surface area contributed by atoms with Crippen molar-refractivity contribution in [3.05, 3.63) is 52.0 Å². The number of thiazole rings is 1. The number of nitrogens with zero attached hydrogens (tertiary/aromatic N) is 1. The maximum Gasteiger partial charge on any atom is 0.443 e. The van der Waals surface area contributed by atoms with Crippen molar-refractivity contribution < 1.29 is 13.2 Å². The van der Waals surface area contributed by atoms with Gasteiger partial charge in [0.2, 0.25) is 0 Å². The zero-order valence-corrected chi connectivity index (χ0v) is 11.1. The first-order valence-corrected chi connectivity index (χ1v) is 6.57. The van der Waals surface area contributed by atoms with Crippen LogP contribution in [0.3, 0.4) is 0 Å². The van der Waals surface area contributed by atoms with Gasteiger partial charge >= 0.3 is 6.18 Å². The van der Waals surface area contributed by atoms with E-state index in [1.807, 2.05) is 37.3 Å². The number of hydrogen-bond donors (Lipinski definition) is 1. The lowest BCUT2D eigenvalue weighted by molar-refractivity contribution is -0.137. The van der Waals surface area contributed by atoms with Gasteiger partial charge in [0.1, 0.15) is 0 Å². The predicted octanol–water partition coefficient (Wildman–Crippen LogP) is 3.77. The van der Waals surface area contributed by atoms with Crippen molar-refractivity contribution in [2.75, 3.05) is 0 Å². The van der Waals surface area contributed by atoms with Crippen LogP contribution >= 0.6 is 11.3 Å². The highest BCUT2D eigenvalue weighted by molar-refractivity contribution is 7.11. The van der Waals surface area contributed by atoms with Gasteiger partial charge in [0.15, 0.2) is 5.01 Å². The summed E-state index contributed by atoms with van der Waals surface area (Å²) in [5.41, 5.74) is 6.16. The van der Waals surface area contributed by atoms with Crippen LogP contribution in [0.15, 0.2) is 36.5 Å². The molecule has 0 radical (unpaired) electrons. The molecule has 0 aliphatic rings. The van der Waals surface area contributed by atoms with Crippen LogP contribution in [0.4, 0.5) is 13.2 Å². The maximum atomic E-state index is 12.6. The molecule has 2 aromatic rings. The molecule has 19 heavy (non-hydrogen) atoms. The van der Waals surface area contributed by atoms with Gasteiger partial charge in [0.25, 0.3) is 0 Å². The average Bonchev–Trinajstić information content (AvgIpc) is 2.89. The summed E-state index contributed by atoms with van der Waals surface area (Å²) in [4.78, 5) is 3.87. The van der Waals surface area contributed by atoms with E-state index >= 15 is 0 Å². The van der Waals surface area contributed by atoms with Gasteiger partial charge in [-0.3, -0.25) is 0 Å². The van der Waals surface area contributed by atoms with Crippen LogP contribution in [-0.4, -0.2) is 4.98 Å². The minimum Gasteiger partial charge on any atom is -0.317 e. The van der Waals surface area contributed by atoms with Gasteiger partial charge in [0, 0.05) is 11.1 Å². The number of benzene rings is 1. The lowest BCUT2D eigenvalue weighted by Gasteiger charge is -2.27. The lowest BCUT2D eigenvalue weighted by Crippen LogP contribution is -2.36. The Bertz CT molecular complexity index is 551. The number of rotatable bonds is 3. The Morgan fingerprint density at radius 1 is 1.21 bits per heavy atom. The molecule has 6 heteroatoms. The number of halogens is 3. The number of alkyl halides is 3. The van der Waals surface area contributed by atoms with Gasteiger partial charge in [-0.05, 0) is 12.0 Å². The molecule has 1 heterocycles. The fourth-order valence-corrected chi connectivity index (χ4v) is 2.85. The Morgan fingerprint density at radius 2 is 1.84 bits per heavy atom. The van der Waals surface area contributed by atoms with Gasteiger partial charge in [-0.2, -0.15) is 13.2 Å². The summed E-state index contributed by atoms with van der Waals surface area (Å²) >= 11 is 0.605. The molecule has 1 aromatic heterocycles. The molecule has 0 aliphatic carbocycles. The van der Waals surface area contributed by atoms with Crippen molar-refractivity contribution in [3.63, 3.8) is 0 Å². The number of hydrogen-bond acceptors (Lipinski definition) is 3. The highest BCUT2D eigenvalue weighted by Gasteiger charge is 2.38. The van der Waals surface area contributed by atoms with Crippen molar-refractivity contribution in [1.82, 2.24) is 4.98 Å². The summed E-state index contributed by atoms with van der Waals surface area (Å²) in [6.45, 7) is 1.85. The Balaban J connectivity index is 2.45. The fraction of sp³-hybridized carbons (Fsp3) is 0.308. The van der Waals surface area contributed by atoms with E-state index in [-0.39, 0.29) is 0 Å². The molecule has 0 fully saturated rings. The summed E-state index contributed by atoms with van der Waals surface area (Å²) in [6, 6.07) is 9.11. The molecule has 2 N–H and O–H groups in total. The number of nitrogens with two attached hydrogens (primary N) is 1. The minimum atomic E-state index is -4.42. The fourth-order valence-electron chi connectivity index (χ4n) is 1.87. The van der Waals surface area contributed by atoms with E-state index < -0.39 is 16.7 Å². The van der Waals surface area contributed by atoms with E-state index in [1.54, 1.807) is 0 Å². The highest BCUT2D eigenvalue weighted by atomic mass is 32.1. The van der Waals surface area contributed by atoms with E-state index in [0.29, 0.717) is 22.6 Å². The van der Waals surface area contributed by atoms with E-state index in [0.717, 1.165) is 5.56 Å². The van der Waals surface area contributed by atoms with Crippen molar-refractivity contribution >= 4 is 11.3 Å². The van der Waals surface area contributed by atoms with Gasteiger partial charge in [0.05, 0.1) is 5.54 Å². The zero-order valence-electron chi connectivity index (χ0n) is 10.2. The second-order valence-electron chi connectivity index (χ2n) is 4.22. The molecule has 0 aliphatic heterocycles. The lowest BCUT2D eigenvalue weighted by atomic mass is 9.87. The van der Waals surface area contributed by atoms with Crippen LogP contribution in [0, 0.1) is 0 Å². The minimum absolute atomic E-state index is 0.425. The molecule has 1 aromatic carbocycles. The van der Waals surface area contributed by atoms with Crippen molar-refractivity contribution in [3.8, 4) is 0 Å². The van der Waals surface area contributed by atoms with Crippen molar-refractivity contribution in [1.29, 1.82) is 0 Å². The van der Waals surface area contributed by atoms with E-state index in [9.17, 15) is 13.2 Å². The van der Waals surface area contributed by atoms with Gasteiger partial charge < -0.3 is 5.73 Å². The van der Waals surface area contributed by atoms with E-state index in [1.165, 1.54) is 6.20 Å². The normalized spacial score (nSPS) is 15.2. The Kier molecular flexibility index (Phi) is 3.64. The maximum absolute atomic E-state index is 12.6. The molecule has 0 amide bonds. The van der Waals surface area contributed by atoms with Crippen LogP contribution in [-0.2, 0) is 11.7 Å². The largest absolute Gasteiger partial charge is 0.443 e.